The van der Waals surface area contributed by atoms with Crippen molar-refractivity contribution in [3.05, 3.63) is 236 Å². The van der Waals surface area contributed by atoms with Crippen LogP contribution in [0.25, 0.3) is 54.9 Å². The Hall–Kier alpha value is -7.42. The molecule has 9 aromatic carbocycles. The summed E-state index contributed by atoms with van der Waals surface area (Å²) in [5.74, 6) is 0.300. The van der Waals surface area contributed by atoms with E-state index in [9.17, 15) is 0 Å². The van der Waals surface area contributed by atoms with Crippen LogP contribution in [0.1, 0.15) is 11.5 Å². The zero-order chi connectivity index (χ0) is 38.4. The first-order chi connectivity index (χ1) is 28.7. The van der Waals surface area contributed by atoms with Gasteiger partial charge in [0.05, 0.1) is 6.04 Å². The third-order valence-corrected chi connectivity index (χ3v) is 12.0. The standard InChI is InChI=1S/C56H40N2/c1-2-12-39(13-3-1)41-24-30-48(31-25-41)57(49-32-26-42(27-33-49)47-23-22-40-14-4-5-15-44(40)36-47)50-34-28-43(29-35-50)51-18-8-10-20-54(51)58-55-21-11-9-19-52(55)53-37-45-16-6-7-17-46(45)38-56(53)58/h1-38,52,55H. The molecule has 0 spiro atoms. The van der Waals surface area contributed by atoms with Crippen LogP contribution in [0.2, 0.25) is 0 Å². The quantitative estimate of drug-likeness (QED) is 0.161. The van der Waals surface area contributed by atoms with Gasteiger partial charge in [0.15, 0.2) is 0 Å². The molecule has 2 heteroatoms. The van der Waals surface area contributed by atoms with E-state index in [0.717, 1.165) is 17.1 Å². The van der Waals surface area contributed by atoms with Crippen molar-refractivity contribution in [2.24, 2.45) is 0 Å². The second-order valence-electron chi connectivity index (χ2n) is 15.3. The number of rotatable bonds is 7. The van der Waals surface area contributed by atoms with E-state index < -0.39 is 0 Å². The third-order valence-electron chi connectivity index (χ3n) is 12.0. The average Bonchev–Trinajstić information content (AvgIpc) is 3.62. The van der Waals surface area contributed by atoms with Gasteiger partial charge in [0.2, 0.25) is 0 Å². The topological polar surface area (TPSA) is 6.48 Å². The molecule has 2 nitrogen and oxygen atoms in total. The molecule has 0 saturated carbocycles. The van der Waals surface area contributed by atoms with E-state index in [0.29, 0.717) is 5.92 Å². The normalized spacial score (nSPS) is 15.4. The van der Waals surface area contributed by atoms with Gasteiger partial charge in [0.1, 0.15) is 0 Å². The van der Waals surface area contributed by atoms with Crippen molar-refractivity contribution in [1.29, 1.82) is 0 Å². The van der Waals surface area contributed by atoms with Crippen LogP contribution >= 0.6 is 0 Å². The minimum atomic E-state index is 0.212. The number of hydrogen-bond acceptors (Lipinski definition) is 2. The molecule has 0 aromatic heterocycles. The number of benzene rings is 9. The summed E-state index contributed by atoms with van der Waals surface area (Å²) in [6, 6.07) is 75.5. The second kappa shape index (κ2) is 14.3. The van der Waals surface area contributed by atoms with Crippen LogP contribution in [0.3, 0.4) is 0 Å². The highest BCUT2D eigenvalue weighted by Crippen LogP contribution is 2.51. The average molecular weight is 741 g/mol. The molecule has 0 amide bonds. The Morgan fingerprint density at radius 3 is 1.53 bits per heavy atom. The molecule has 2 atom stereocenters. The summed E-state index contributed by atoms with van der Waals surface area (Å²) < 4.78 is 0. The van der Waals surface area contributed by atoms with Crippen molar-refractivity contribution in [3.63, 3.8) is 0 Å². The molecular weight excluding hydrogens is 701 g/mol. The molecule has 274 valence electrons. The van der Waals surface area contributed by atoms with Crippen LogP contribution < -0.4 is 9.80 Å². The molecule has 0 N–H and O–H groups in total. The zero-order valence-electron chi connectivity index (χ0n) is 32.0. The Morgan fingerprint density at radius 2 is 0.845 bits per heavy atom. The Labute approximate surface area is 339 Å². The summed E-state index contributed by atoms with van der Waals surface area (Å²) >= 11 is 0. The minimum absolute atomic E-state index is 0.212. The number of fused-ring (bicyclic) bond motifs is 5. The summed E-state index contributed by atoms with van der Waals surface area (Å²) in [5.41, 5.74) is 14.4. The SMILES string of the molecule is C1=CC2c3cc4ccccc4cc3N(c3ccccc3-c3ccc(N(c4ccc(-c5ccccc5)cc4)c4ccc(-c5ccc6ccccc6c5)cc4)cc3)C2C=C1. The fourth-order valence-electron chi connectivity index (χ4n) is 9.07. The molecule has 58 heavy (non-hydrogen) atoms. The van der Waals surface area contributed by atoms with Gasteiger partial charge in [-0.3, -0.25) is 0 Å². The first kappa shape index (κ1) is 33.9. The first-order valence-electron chi connectivity index (χ1n) is 20.2. The van der Waals surface area contributed by atoms with Crippen LogP contribution in [-0.2, 0) is 0 Å². The fraction of sp³-hybridized carbons (Fsp3) is 0.0357. The summed E-state index contributed by atoms with van der Waals surface area (Å²) in [5, 5.41) is 5.06. The predicted molar refractivity (Wildman–Crippen MR) is 246 cm³/mol. The van der Waals surface area contributed by atoms with Gasteiger partial charge in [0.25, 0.3) is 0 Å². The molecule has 11 rings (SSSR count). The van der Waals surface area contributed by atoms with Crippen molar-refractivity contribution < 1.29 is 0 Å². The lowest BCUT2D eigenvalue weighted by Crippen LogP contribution is -2.28. The maximum absolute atomic E-state index is 2.56. The van der Waals surface area contributed by atoms with Gasteiger partial charge in [-0.05, 0) is 116 Å². The highest BCUT2D eigenvalue weighted by molar-refractivity contribution is 5.94. The number of allylic oxidation sites excluding steroid dienone is 2. The number of nitrogens with zero attached hydrogens (tertiary/aromatic N) is 2. The molecule has 0 fully saturated rings. The lowest BCUT2D eigenvalue weighted by Gasteiger charge is -2.31. The van der Waals surface area contributed by atoms with E-state index >= 15 is 0 Å². The van der Waals surface area contributed by atoms with E-state index in [1.54, 1.807) is 0 Å². The predicted octanol–water partition coefficient (Wildman–Crippen LogP) is 15.2. The number of anilines is 5. The van der Waals surface area contributed by atoms with Crippen molar-refractivity contribution in [2.45, 2.75) is 12.0 Å². The molecule has 9 aromatic rings. The largest absolute Gasteiger partial charge is 0.333 e. The van der Waals surface area contributed by atoms with Crippen molar-refractivity contribution >= 4 is 50.0 Å². The minimum Gasteiger partial charge on any atom is -0.333 e. The second-order valence-corrected chi connectivity index (χ2v) is 15.3. The Bertz CT molecular complexity index is 3000. The summed E-state index contributed by atoms with van der Waals surface area (Å²) in [7, 11) is 0. The molecular formula is C56H40N2. The van der Waals surface area contributed by atoms with E-state index in [2.05, 4.69) is 240 Å². The van der Waals surface area contributed by atoms with E-state index in [1.165, 1.54) is 71.9 Å². The molecule has 1 aliphatic carbocycles. The molecule has 1 aliphatic heterocycles. The van der Waals surface area contributed by atoms with Crippen LogP contribution in [0.15, 0.2) is 231 Å². The highest BCUT2D eigenvalue weighted by atomic mass is 15.2. The van der Waals surface area contributed by atoms with Crippen molar-refractivity contribution in [2.75, 3.05) is 9.80 Å². The molecule has 0 bridgehead atoms. The lowest BCUT2D eigenvalue weighted by molar-refractivity contribution is 0.745. The highest BCUT2D eigenvalue weighted by Gasteiger charge is 2.38. The maximum Gasteiger partial charge on any atom is 0.0629 e. The van der Waals surface area contributed by atoms with Gasteiger partial charge < -0.3 is 9.80 Å². The Kier molecular flexibility index (Phi) is 8.33. The van der Waals surface area contributed by atoms with E-state index in [1.807, 2.05) is 0 Å². The fourth-order valence-corrected chi connectivity index (χ4v) is 9.07. The van der Waals surface area contributed by atoms with Crippen molar-refractivity contribution in [3.8, 4) is 33.4 Å². The van der Waals surface area contributed by atoms with Gasteiger partial charge in [-0.15, -0.1) is 0 Å². The summed E-state index contributed by atoms with van der Waals surface area (Å²) in [4.78, 5) is 4.92. The summed E-state index contributed by atoms with van der Waals surface area (Å²) in [6.07, 6.45) is 9.13. The molecule has 0 saturated heterocycles. The molecule has 2 aliphatic rings. The van der Waals surface area contributed by atoms with Gasteiger partial charge in [0, 0.05) is 39.9 Å². The Morgan fingerprint density at radius 1 is 0.345 bits per heavy atom. The van der Waals surface area contributed by atoms with Crippen LogP contribution in [-0.4, -0.2) is 6.04 Å². The number of para-hydroxylation sites is 1. The molecule has 0 radical (unpaired) electrons. The van der Waals surface area contributed by atoms with Gasteiger partial charge in [-0.25, -0.2) is 0 Å². The van der Waals surface area contributed by atoms with Gasteiger partial charge in [-0.2, -0.15) is 0 Å². The first-order valence-corrected chi connectivity index (χ1v) is 20.2. The van der Waals surface area contributed by atoms with Crippen LogP contribution in [0.5, 0.6) is 0 Å². The maximum atomic E-state index is 2.56. The molecule has 2 unspecified atom stereocenters. The monoisotopic (exact) mass is 740 g/mol. The lowest BCUT2D eigenvalue weighted by atomic mass is 9.90. The zero-order valence-corrected chi connectivity index (χ0v) is 32.0. The van der Waals surface area contributed by atoms with Crippen LogP contribution in [0, 0.1) is 0 Å². The van der Waals surface area contributed by atoms with E-state index in [4.69, 9.17) is 0 Å². The smallest absolute Gasteiger partial charge is 0.0629 e. The van der Waals surface area contributed by atoms with Gasteiger partial charge in [-0.1, -0.05) is 170 Å². The molecule has 1 heterocycles. The number of hydrogen-bond donors (Lipinski definition) is 0. The van der Waals surface area contributed by atoms with Gasteiger partial charge >= 0.3 is 0 Å². The van der Waals surface area contributed by atoms with E-state index in [-0.39, 0.29) is 6.04 Å². The van der Waals surface area contributed by atoms with Crippen molar-refractivity contribution in [1.82, 2.24) is 0 Å². The third kappa shape index (κ3) is 5.98. The summed E-state index contributed by atoms with van der Waals surface area (Å²) in [6.45, 7) is 0. The van der Waals surface area contributed by atoms with Crippen LogP contribution in [0.4, 0.5) is 28.4 Å². The Balaban J connectivity index is 0.975.